The van der Waals surface area contributed by atoms with E-state index in [1.54, 1.807) is 18.9 Å². The van der Waals surface area contributed by atoms with Crippen LogP contribution in [0.4, 0.5) is 0 Å². The lowest BCUT2D eigenvalue weighted by Gasteiger charge is -2.21. The Labute approximate surface area is 140 Å². The van der Waals surface area contributed by atoms with Gasteiger partial charge in [0.1, 0.15) is 5.25 Å². The Morgan fingerprint density at radius 1 is 1.09 bits per heavy atom. The van der Waals surface area contributed by atoms with Gasteiger partial charge in [-0.05, 0) is 25.0 Å². The summed E-state index contributed by atoms with van der Waals surface area (Å²) in [6, 6.07) is 17.8. The van der Waals surface area contributed by atoms with Crippen LogP contribution in [0.25, 0.3) is 0 Å². The summed E-state index contributed by atoms with van der Waals surface area (Å²) >= 11 is 0. The largest absolute Gasteiger partial charge is 0.340 e. The van der Waals surface area contributed by atoms with E-state index in [1.165, 1.54) is 0 Å². The van der Waals surface area contributed by atoms with Crippen LogP contribution in [0.15, 0.2) is 54.6 Å². The second kappa shape index (κ2) is 8.06. The fourth-order valence-corrected chi connectivity index (χ4v) is 3.61. The number of amides is 1. The minimum Gasteiger partial charge on any atom is -0.340 e. The first kappa shape index (κ1) is 17.4. The Hall–Kier alpha value is -1.94. The van der Waals surface area contributed by atoms with Gasteiger partial charge in [0, 0.05) is 30.1 Å². The van der Waals surface area contributed by atoms with Gasteiger partial charge in [0.2, 0.25) is 5.91 Å². The van der Waals surface area contributed by atoms with Crippen molar-refractivity contribution in [2.24, 2.45) is 0 Å². The average Bonchev–Trinajstić information content (AvgIpc) is 2.54. The van der Waals surface area contributed by atoms with Gasteiger partial charge in [0.15, 0.2) is 0 Å². The van der Waals surface area contributed by atoms with E-state index >= 15 is 0 Å². The molecular weight excluding hydrogens is 306 g/mol. The quantitative estimate of drug-likeness (QED) is 0.815. The standard InChI is InChI=1S/C19H23NO2S/c1-15-8-7-11-18(12-15)14-23(22)16(2)19(21)20(3)13-17-9-5-4-6-10-17/h4-12,16H,13-14H2,1-3H3/t16-,23+/m0/s1. The Kier molecular flexibility index (Phi) is 6.11. The van der Waals surface area contributed by atoms with E-state index < -0.39 is 16.0 Å². The van der Waals surface area contributed by atoms with Crippen LogP contribution in [0.5, 0.6) is 0 Å². The van der Waals surface area contributed by atoms with E-state index in [0.29, 0.717) is 12.3 Å². The van der Waals surface area contributed by atoms with Crippen LogP contribution < -0.4 is 0 Å². The van der Waals surface area contributed by atoms with E-state index in [9.17, 15) is 9.00 Å². The van der Waals surface area contributed by atoms with Crippen molar-refractivity contribution in [3.8, 4) is 0 Å². The van der Waals surface area contributed by atoms with Crippen molar-refractivity contribution in [2.45, 2.75) is 31.4 Å². The van der Waals surface area contributed by atoms with Crippen LogP contribution >= 0.6 is 0 Å². The minimum atomic E-state index is -1.22. The zero-order valence-electron chi connectivity index (χ0n) is 13.9. The zero-order chi connectivity index (χ0) is 16.8. The number of nitrogens with zero attached hydrogens (tertiary/aromatic N) is 1. The monoisotopic (exact) mass is 329 g/mol. The van der Waals surface area contributed by atoms with Crippen LogP contribution in [0, 0.1) is 6.92 Å². The predicted octanol–water partition coefficient (Wildman–Crippen LogP) is 3.29. The van der Waals surface area contributed by atoms with Gasteiger partial charge in [-0.1, -0.05) is 60.2 Å². The van der Waals surface area contributed by atoms with Crippen molar-refractivity contribution < 1.29 is 9.00 Å². The molecule has 0 heterocycles. The molecule has 122 valence electrons. The van der Waals surface area contributed by atoms with E-state index in [1.807, 2.05) is 61.5 Å². The summed E-state index contributed by atoms with van der Waals surface area (Å²) in [7, 11) is 0.536. The Balaban J connectivity index is 1.96. The predicted molar refractivity (Wildman–Crippen MR) is 95.4 cm³/mol. The van der Waals surface area contributed by atoms with E-state index in [-0.39, 0.29) is 5.91 Å². The maximum atomic E-state index is 12.5. The molecule has 0 N–H and O–H groups in total. The fourth-order valence-electron chi connectivity index (χ4n) is 2.45. The van der Waals surface area contributed by atoms with E-state index in [2.05, 4.69) is 0 Å². The van der Waals surface area contributed by atoms with Crippen LogP contribution in [-0.2, 0) is 27.9 Å². The molecule has 3 nitrogen and oxygen atoms in total. The third-order valence-electron chi connectivity index (χ3n) is 3.77. The van der Waals surface area contributed by atoms with Gasteiger partial charge < -0.3 is 4.90 Å². The third kappa shape index (κ3) is 5.03. The molecule has 0 unspecified atom stereocenters. The molecule has 2 rings (SSSR count). The van der Waals surface area contributed by atoms with Crippen molar-refractivity contribution in [1.29, 1.82) is 0 Å². The van der Waals surface area contributed by atoms with Gasteiger partial charge in [-0.25, -0.2) is 0 Å². The van der Waals surface area contributed by atoms with Gasteiger partial charge in [0.25, 0.3) is 0 Å². The van der Waals surface area contributed by atoms with Crippen molar-refractivity contribution >= 4 is 16.7 Å². The first-order chi connectivity index (χ1) is 11.0. The normalized spacial score (nSPS) is 13.3. The lowest BCUT2D eigenvalue weighted by Crippen LogP contribution is -2.37. The number of carbonyl (C=O) groups excluding carboxylic acids is 1. The number of carbonyl (C=O) groups is 1. The minimum absolute atomic E-state index is 0.0835. The molecule has 0 aliphatic carbocycles. The summed E-state index contributed by atoms with van der Waals surface area (Å²) in [5.74, 6) is 0.327. The van der Waals surface area contributed by atoms with E-state index in [4.69, 9.17) is 0 Å². The molecule has 0 radical (unpaired) electrons. The van der Waals surface area contributed by atoms with E-state index in [0.717, 1.165) is 16.7 Å². The van der Waals surface area contributed by atoms with Gasteiger partial charge in [-0.15, -0.1) is 0 Å². The summed E-state index contributed by atoms with van der Waals surface area (Å²) in [4.78, 5) is 14.1. The Morgan fingerprint density at radius 3 is 2.39 bits per heavy atom. The molecule has 0 bridgehead atoms. The molecule has 23 heavy (non-hydrogen) atoms. The van der Waals surface area contributed by atoms with Crippen LogP contribution in [0.2, 0.25) is 0 Å². The third-order valence-corrected chi connectivity index (χ3v) is 5.38. The molecule has 1 amide bonds. The summed E-state index contributed by atoms with van der Waals surface area (Å²) in [6.07, 6.45) is 0. The topological polar surface area (TPSA) is 37.4 Å². The van der Waals surface area contributed by atoms with Gasteiger partial charge in [-0.3, -0.25) is 9.00 Å². The number of rotatable bonds is 6. The molecule has 0 aliphatic heterocycles. The highest BCUT2D eigenvalue weighted by Crippen LogP contribution is 2.12. The number of hydrogen-bond donors (Lipinski definition) is 0. The van der Waals surface area contributed by atoms with Gasteiger partial charge >= 0.3 is 0 Å². The lowest BCUT2D eigenvalue weighted by molar-refractivity contribution is -0.129. The highest BCUT2D eigenvalue weighted by atomic mass is 32.2. The first-order valence-corrected chi connectivity index (χ1v) is 9.07. The molecule has 0 aromatic heterocycles. The molecule has 0 aliphatic rings. The summed E-state index contributed by atoms with van der Waals surface area (Å²) in [5, 5.41) is -0.510. The zero-order valence-corrected chi connectivity index (χ0v) is 14.7. The molecule has 2 aromatic rings. The second-order valence-corrected chi connectivity index (χ2v) is 7.59. The number of aryl methyl sites for hydroxylation is 1. The summed E-state index contributed by atoms with van der Waals surface area (Å²) in [5.41, 5.74) is 3.22. The first-order valence-electron chi connectivity index (χ1n) is 7.69. The fraction of sp³-hybridized carbons (Fsp3) is 0.316. The molecule has 0 spiro atoms. The molecule has 4 heteroatoms. The average molecular weight is 329 g/mol. The molecule has 0 fully saturated rings. The highest BCUT2D eigenvalue weighted by Gasteiger charge is 2.23. The molecular formula is C19H23NO2S. The molecule has 2 aromatic carbocycles. The Bertz CT molecular complexity index is 685. The van der Waals surface area contributed by atoms with Crippen molar-refractivity contribution in [2.75, 3.05) is 7.05 Å². The molecule has 0 saturated heterocycles. The van der Waals surface area contributed by atoms with Crippen molar-refractivity contribution in [3.63, 3.8) is 0 Å². The smallest absolute Gasteiger partial charge is 0.238 e. The van der Waals surface area contributed by atoms with Crippen LogP contribution in [-0.4, -0.2) is 27.3 Å². The second-order valence-electron chi connectivity index (χ2n) is 5.84. The van der Waals surface area contributed by atoms with Gasteiger partial charge in [-0.2, -0.15) is 0 Å². The number of hydrogen-bond acceptors (Lipinski definition) is 2. The Morgan fingerprint density at radius 2 is 1.74 bits per heavy atom. The maximum absolute atomic E-state index is 12.5. The number of benzene rings is 2. The maximum Gasteiger partial charge on any atom is 0.238 e. The van der Waals surface area contributed by atoms with Crippen LogP contribution in [0.3, 0.4) is 0 Å². The summed E-state index contributed by atoms with van der Waals surface area (Å²) in [6.45, 7) is 4.29. The summed E-state index contributed by atoms with van der Waals surface area (Å²) < 4.78 is 12.5. The highest BCUT2D eigenvalue weighted by molar-refractivity contribution is 7.85. The van der Waals surface area contributed by atoms with Gasteiger partial charge in [0.05, 0.1) is 0 Å². The van der Waals surface area contributed by atoms with Crippen molar-refractivity contribution in [3.05, 3.63) is 71.3 Å². The lowest BCUT2D eigenvalue weighted by atomic mass is 10.2. The van der Waals surface area contributed by atoms with Crippen LogP contribution in [0.1, 0.15) is 23.6 Å². The molecule has 0 saturated carbocycles. The SMILES string of the molecule is Cc1cccc(C[S@@](=O)[C@@H](C)C(=O)N(C)Cc2ccccc2)c1. The van der Waals surface area contributed by atoms with Crippen molar-refractivity contribution in [1.82, 2.24) is 4.90 Å². The molecule has 2 atom stereocenters.